The van der Waals surface area contributed by atoms with Crippen LogP contribution in [0.1, 0.15) is 15.9 Å². The van der Waals surface area contributed by atoms with Crippen LogP contribution in [0.2, 0.25) is 0 Å². The fraction of sp³-hybridized carbons (Fsp3) is 0.111. The summed E-state index contributed by atoms with van der Waals surface area (Å²) >= 11 is 0. The maximum absolute atomic E-state index is 12.5. The smallest absolute Gasteiger partial charge is 0.269 e. The molecule has 0 saturated carbocycles. The summed E-state index contributed by atoms with van der Waals surface area (Å²) in [6, 6.07) is 13.4. The van der Waals surface area contributed by atoms with Gasteiger partial charge in [-0.25, -0.2) is 0 Å². The molecule has 2 aliphatic rings. The number of hydrogen-bond acceptors (Lipinski definition) is 6. The van der Waals surface area contributed by atoms with Crippen LogP contribution in [0.5, 0.6) is 0 Å². The highest BCUT2D eigenvalue weighted by molar-refractivity contribution is 6.10. The zero-order chi connectivity index (χ0) is 17.4. The molecule has 0 aliphatic carbocycles. The molecule has 0 unspecified atom stereocenters. The largest absolute Gasteiger partial charge is 0.341 e. The number of anilines is 1. The monoisotopic (exact) mass is 334 g/mol. The first kappa shape index (κ1) is 15.1. The number of allylic oxidation sites excluding steroid dienone is 1. The Morgan fingerprint density at radius 1 is 1.20 bits per heavy atom. The van der Waals surface area contributed by atoms with E-state index in [4.69, 9.17) is 0 Å². The molecule has 0 radical (unpaired) electrons. The highest BCUT2D eigenvalue weighted by Crippen LogP contribution is 2.29. The number of nitro groups is 1. The summed E-state index contributed by atoms with van der Waals surface area (Å²) in [6.45, 7) is 1.38. The molecule has 0 amide bonds. The Labute approximate surface area is 143 Å². The number of para-hydroxylation sites is 1. The van der Waals surface area contributed by atoms with Gasteiger partial charge in [0.15, 0.2) is 5.78 Å². The maximum Gasteiger partial charge on any atom is 0.269 e. The van der Waals surface area contributed by atoms with Crippen molar-refractivity contribution < 1.29 is 9.72 Å². The van der Waals surface area contributed by atoms with Gasteiger partial charge >= 0.3 is 0 Å². The lowest BCUT2D eigenvalue weighted by Crippen LogP contribution is -2.36. The number of aliphatic imine (C=N–C) groups is 1. The second-order valence-corrected chi connectivity index (χ2v) is 5.73. The molecule has 0 bridgehead atoms. The summed E-state index contributed by atoms with van der Waals surface area (Å²) in [5, 5.41) is 14.0. The van der Waals surface area contributed by atoms with E-state index in [1.807, 2.05) is 29.2 Å². The van der Waals surface area contributed by atoms with Crippen LogP contribution < -0.4 is 5.32 Å². The molecule has 2 aliphatic heterocycles. The van der Waals surface area contributed by atoms with E-state index in [1.54, 1.807) is 0 Å². The number of ketones is 1. The van der Waals surface area contributed by atoms with Gasteiger partial charge in [0.1, 0.15) is 11.7 Å². The average Bonchev–Trinajstić information content (AvgIpc) is 3.12. The Hall–Kier alpha value is -3.48. The number of fused-ring (bicyclic) bond motifs is 3. The number of rotatable bonds is 3. The Kier molecular flexibility index (Phi) is 3.53. The summed E-state index contributed by atoms with van der Waals surface area (Å²) in [5.74, 6) is 1.30. The third-order valence-electron chi connectivity index (χ3n) is 4.19. The summed E-state index contributed by atoms with van der Waals surface area (Å²) in [7, 11) is 0. The molecular weight excluding hydrogens is 320 g/mol. The van der Waals surface area contributed by atoms with E-state index in [-0.39, 0.29) is 11.5 Å². The number of carbonyl (C=O) groups is 1. The average molecular weight is 334 g/mol. The van der Waals surface area contributed by atoms with Crippen LogP contribution >= 0.6 is 0 Å². The molecule has 0 aromatic heterocycles. The van der Waals surface area contributed by atoms with E-state index in [0.717, 1.165) is 17.1 Å². The van der Waals surface area contributed by atoms with Gasteiger partial charge in [0, 0.05) is 35.9 Å². The molecule has 1 N–H and O–H groups in total. The highest BCUT2D eigenvalue weighted by Gasteiger charge is 2.29. The topological polar surface area (TPSA) is 87.8 Å². The van der Waals surface area contributed by atoms with Gasteiger partial charge < -0.3 is 10.2 Å². The van der Waals surface area contributed by atoms with Gasteiger partial charge in [0.2, 0.25) is 0 Å². The highest BCUT2D eigenvalue weighted by atomic mass is 16.6. The predicted molar refractivity (Wildman–Crippen MR) is 93.7 cm³/mol. The van der Waals surface area contributed by atoms with Gasteiger partial charge in [-0.15, -0.1) is 0 Å². The molecule has 124 valence electrons. The molecule has 0 fully saturated rings. The third-order valence-corrected chi connectivity index (χ3v) is 4.19. The van der Waals surface area contributed by atoms with Gasteiger partial charge in [-0.2, -0.15) is 0 Å². The summed E-state index contributed by atoms with van der Waals surface area (Å²) in [4.78, 5) is 29.3. The summed E-state index contributed by atoms with van der Waals surface area (Å²) in [6.07, 6.45) is 1.51. The molecule has 2 heterocycles. The van der Waals surface area contributed by atoms with Gasteiger partial charge in [-0.1, -0.05) is 12.1 Å². The van der Waals surface area contributed by atoms with Crippen molar-refractivity contribution in [3.8, 4) is 0 Å². The number of nitrogens with one attached hydrogen (secondary N) is 1. The number of nitro benzene ring substituents is 1. The molecule has 2 aromatic rings. The molecule has 0 atom stereocenters. The van der Waals surface area contributed by atoms with Crippen molar-refractivity contribution in [1.29, 1.82) is 0 Å². The zero-order valence-corrected chi connectivity index (χ0v) is 13.2. The quantitative estimate of drug-likeness (QED) is 0.403. The summed E-state index contributed by atoms with van der Waals surface area (Å²) in [5.41, 5.74) is 2.28. The van der Waals surface area contributed by atoms with Crippen LogP contribution in [-0.4, -0.2) is 34.5 Å². The van der Waals surface area contributed by atoms with Crippen molar-refractivity contribution in [2.45, 2.75) is 0 Å². The van der Waals surface area contributed by atoms with Crippen molar-refractivity contribution in [3.63, 3.8) is 0 Å². The van der Waals surface area contributed by atoms with E-state index in [9.17, 15) is 14.9 Å². The van der Waals surface area contributed by atoms with E-state index in [0.29, 0.717) is 24.5 Å². The van der Waals surface area contributed by atoms with Gasteiger partial charge in [-0.05, 0) is 24.3 Å². The number of carbonyl (C=O) groups excluding carboxylic acids is 1. The van der Waals surface area contributed by atoms with Crippen LogP contribution in [0.25, 0.3) is 0 Å². The van der Waals surface area contributed by atoms with Crippen molar-refractivity contribution in [2.24, 2.45) is 4.99 Å². The standard InChI is InChI=1S/C18H14N4O3/c23-16(12-5-7-13(8-6-12)22(24)25)11-17-20-15-4-2-1-3-14(15)18-19-9-10-21(17)18/h1-8,11,20H,9-10H2/b17-11+. The fourth-order valence-corrected chi connectivity index (χ4v) is 2.97. The SMILES string of the molecule is O=C(/C=C1\Nc2ccccc2C2=NCCN21)c1ccc([N+](=O)[O-])cc1. The normalized spacial score (nSPS) is 16.7. The second kappa shape index (κ2) is 5.86. The molecule has 0 spiro atoms. The Bertz CT molecular complexity index is 932. The molecule has 4 rings (SSSR count). The molecule has 25 heavy (non-hydrogen) atoms. The van der Waals surface area contributed by atoms with Crippen LogP contribution in [0.4, 0.5) is 11.4 Å². The second-order valence-electron chi connectivity index (χ2n) is 5.73. The van der Waals surface area contributed by atoms with Crippen LogP contribution in [0.15, 0.2) is 65.4 Å². The molecule has 7 nitrogen and oxygen atoms in total. The van der Waals surface area contributed by atoms with Crippen LogP contribution in [-0.2, 0) is 0 Å². The Morgan fingerprint density at radius 2 is 1.96 bits per heavy atom. The van der Waals surface area contributed by atoms with Crippen molar-refractivity contribution >= 4 is 23.0 Å². The maximum atomic E-state index is 12.5. The molecule has 0 saturated heterocycles. The van der Waals surface area contributed by atoms with Crippen molar-refractivity contribution in [1.82, 2.24) is 4.90 Å². The molecular formula is C18H14N4O3. The fourth-order valence-electron chi connectivity index (χ4n) is 2.97. The lowest BCUT2D eigenvalue weighted by atomic mass is 10.1. The van der Waals surface area contributed by atoms with E-state index in [1.165, 1.54) is 30.3 Å². The van der Waals surface area contributed by atoms with Crippen LogP contribution in [0, 0.1) is 10.1 Å². The number of amidine groups is 1. The van der Waals surface area contributed by atoms with Gasteiger partial charge in [-0.3, -0.25) is 19.9 Å². The first-order valence-corrected chi connectivity index (χ1v) is 7.82. The minimum Gasteiger partial charge on any atom is -0.341 e. The molecule has 7 heteroatoms. The lowest BCUT2D eigenvalue weighted by Gasteiger charge is -2.31. The number of non-ortho nitro benzene ring substituents is 1. The van der Waals surface area contributed by atoms with Crippen molar-refractivity contribution in [2.75, 3.05) is 18.4 Å². The van der Waals surface area contributed by atoms with E-state index < -0.39 is 4.92 Å². The zero-order valence-electron chi connectivity index (χ0n) is 13.2. The van der Waals surface area contributed by atoms with Gasteiger partial charge in [0.05, 0.1) is 17.2 Å². The summed E-state index contributed by atoms with van der Waals surface area (Å²) < 4.78 is 0. The minimum atomic E-state index is -0.487. The lowest BCUT2D eigenvalue weighted by molar-refractivity contribution is -0.384. The minimum absolute atomic E-state index is 0.0390. The number of benzene rings is 2. The van der Waals surface area contributed by atoms with E-state index in [2.05, 4.69) is 10.3 Å². The number of hydrogen-bond donors (Lipinski definition) is 1. The number of nitrogens with zero attached hydrogens (tertiary/aromatic N) is 3. The Balaban J connectivity index is 1.66. The van der Waals surface area contributed by atoms with Gasteiger partial charge in [0.25, 0.3) is 5.69 Å². The molecule has 2 aromatic carbocycles. The predicted octanol–water partition coefficient (Wildman–Crippen LogP) is 2.81. The van der Waals surface area contributed by atoms with Crippen molar-refractivity contribution in [3.05, 3.63) is 81.7 Å². The third kappa shape index (κ3) is 2.65. The van der Waals surface area contributed by atoms with Crippen LogP contribution in [0.3, 0.4) is 0 Å². The van der Waals surface area contributed by atoms with E-state index >= 15 is 0 Å². The Morgan fingerprint density at radius 3 is 2.72 bits per heavy atom. The first-order valence-electron chi connectivity index (χ1n) is 7.82. The first-order chi connectivity index (χ1) is 12.1.